The van der Waals surface area contributed by atoms with Crippen molar-refractivity contribution in [3.05, 3.63) is 35.0 Å². The molecule has 0 radical (unpaired) electrons. The summed E-state index contributed by atoms with van der Waals surface area (Å²) in [5.41, 5.74) is 3.88. The zero-order chi connectivity index (χ0) is 14.2. The Balaban J connectivity index is 1.54. The fourth-order valence-corrected chi connectivity index (χ4v) is 3.01. The van der Waals surface area contributed by atoms with Crippen LogP contribution >= 0.6 is 0 Å². The lowest BCUT2D eigenvalue weighted by Gasteiger charge is -2.14. The molecule has 0 atom stereocenters. The first-order chi connectivity index (χ1) is 10.3. The van der Waals surface area contributed by atoms with Crippen LogP contribution in [-0.4, -0.2) is 17.3 Å². The smallest absolute Gasteiger partial charge is 0.229 e. The number of ether oxygens (including phenoxy) is 1. The van der Waals surface area contributed by atoms with Gasteiger partial charge in [0, 0.05) is 5.92 Å². The summed E-state index contributed by atoms with van der Waals surface area (Å²) in [6.45, 7) is 0.572. The van der Waals surface area contributed by atoms with Crippen molar-refractivity contribution in [1.82, 2.24) is 10.1 Å². The molecule has 0 amide bonds. The third-order valence-corrected chi connectivity index (χ3v) is 4.30. The van der Waals surface area contributed by atoms with Gasteiger partial charge in [-0.25, -0.2) is 0 Å². The number of benzene rings is 1. The molecule has 0 aliphatic heterocycles. The van der Waals surface area contributed by atoms with Crippen LogP contribution in [0.1, 0.15) is 48.0 Å². The molecule has 21 heavy (non-hydrogen) atoms. The maximum atomic E-state index is 5.49. The number of nitrogens with zero attached hydrogens (tertiary/aromatic N) is 2. The van der Waals surface area contributed by atoms with Crippen LogP contribution in [0.3, 0.4) is 0 Å². The summed E-state index contributed by atoms with van der Waals surface area (Å²) in [7, 11) is 1.71. The van der Waals surface area contributed by atoms with Gasteiger partial charge in [0.05, 0.1) is 19.3 Å². The molecule has 1 aromatic carbocycles. The van der Waals surface area contributed by atoms with E-state index in [1.165, 1.54) is 30.4 Å². The van der Waals surface area contributed by atoms with Gasteiger partial charge >= 0.3 is 0 Å². The standard InChI is InChI=1S/C16H19N3O2/c1-20-13-8-7-10-3-2-4-12(10)15(13)17-9-14-18-16(21-19-14)11-5-6-11/h7-8,11,17H,2-6,9H2,1H3. The first-order valence-corrected chi connectivity index (χ1v) is 7.60. The summed E-state index contributed by atoms with van der Waals surface area (Å²) in [4.78, 5) is 4.46. The van der Waals surface area contributed by atoms with Gasteiger partial charge in [-0.2, -0.15) is 4.98 Å². The zero-order valence-corrected chi connectivity index (χ0v) is 12.2. The Bertz CT molecular complexity index is 662. The van der Waals surface area contributed by atoms with Crippen LogP contribution < -0.4 is 10.1 Å². The molecular formula is C16H19N3O2. The third-order valence-electron chi connectivity index (χ3n) is 4.30. The molecule has 0 unspecified atom stereocenters. The molecule has 0 saturated heterocycles. The Hall–Kier alpha value is -2.04. The number of rotatable bonds is 5. The molecule has 1 heterocycles. The van der Waals surface area contributed by atoms with Crippen molar-refractivity contribution in [3.8, 4) is 5.75 Å². The zero-order valence-electron chi connectivity index (χ0n) is 12.2. The minimum Gasteiger partial charge on any atom is -0.495 e. The van der Waals surface area contributed by atoms with E-state index in [1.807, 2.05) is 6.07 Å². The maximum absolute atomic E-state index is 5.49. The van der Waals surface area contributed by atoms with Crippen LogP contribution in [-0.2, 0) is 19.4 Å². The van der Waals surface area contributed by atoms with Crippen molar-refractivity contribution in [2.45, 2.75) is 44.6 Å². The molecule has 0 bridgehead atoms. The van der Waals surface area contributed by atoms with E-state index in [0.717, 1.165) is 36.0 Å². The van der Waals surface area contributed by atoms with Crippen LogP contribution in [0.25, 0.3) is 0 Å². The van der Waals surface area contributed by atoms with Gasteiger partial charge in [0.15, 0.2) is 5.82 Å². The topological polar surface area (TPSA) is 60.2 Å². The molecule has 2 aromatic rings. The van der Waals surface area contributed by atoms with Crippen LogP contribution in [0, 0.1) is 0 Å². The van der Waals surface area contributed by atoms with Crippen LogP contribution in [0.2, 0.25) is 0 Å². The number of hydrogen-bond donors (Lipinski definition) is 1. The maximum Gasteiger partial charge on any atom is 0.229 e. The van der Waals surface area contributed by atoms with E-state index in [1.54, 1.807) is 7.11 Å². The molecule has 110 valence electrons. The van der Waals surface area contributed by atoms with E-state index in [2.05, 4.69) is 21.5 Å². The molecule has 1 saturated carbocycles. The predicted octanol–water partition coefficient (Wildman–Crippen LogP) is 3.06. The van der Waals surface area contributed by atoms with Gasteiger partial charge in [0.2, 0.25) is 5.89 Å². The van der Waals surface area contributed by atoms with Crippen LogP contribution in [0.5, 0.6) is 5.75 Å². The van der Waals surface area contributed by atoms with Gasteiger partial charge in [0.25, 0.3) is 0 Å². The van der Waals surface area contributed by atoms with Gasteiger partial charge in [-0.1, -0.05) is 11.2 Å². The highest BCUT2D eigenvalue weighted by molar-refractivity contribution is 5.65. The summed E-state index contributed by atoms with van der Waals surface area (Å²) >= 11 is 0. The normalized spacial score (nSPS) is 16.8. The minimum absolute atomic E-state index is 0.502. The van der Waals surface area contributed by atoms with Crippen molar-refractivity contribution in [1.29, 1.82) is 0 Å². The SMILES string of the molecule is COc1ccc2c(c1NCc1noc(C3CC3)n1)CCC2. The summed E-state index contributed by atoms with van der Waals surface area (Å²) in [6, 6.07) is 4.21. The first-order valence-electron chi connectivity index (χ1n) is 7.60. The van der Waals surface area contributed by atoms with E-state index in [-0.39, 0.29) is 0 Å². The number of nitrogens with one attached hydrogen (secondary N) is 1. The fourth-order valence-electron chi connectivity index (χ4n) is 3.01. The van der Waals surface area contributed by atoms with Gasteiger partial charge in [0.1, 0.15) is 5.75 Å². The van der Waals surface area contributed by atoms with E-state index in [9.17, 15) is 0 Å². The molecule has 0 spiro atoms. The summed E-state index contributed by atoms with van der Waals surface area (Å²) in [5.74, 6) is 2.90. The Morgan fingerprint density at radius 1 is 1.33 bits per heavy atom. The monoisotopic (exact) mass is 285 g/mol. The lowest BCUT2D eigenvalue weighted by atomic mass is 10.1. The predicted molar refractivity (Wildman–Crippen MR) is 78.6 cm³/mol. The summed E-state index contributed by atoms with van der Waals surface area (Å²) in [6.07, 6.45) is 5.83. The average Bonchev–Trinajstić information content (AvgIpc) is 3.07. The van der Waals surface area contributed by atoms with Crippen molar-refractivity contribution in [2.75, 3.05) is 12.4 Å². The highest BCUT2D eigenvalue weighted by Gasteiger charge is 2.29. The third kappa shape index (κ3) is 2.37. The number of hydrogen-bond acceptors (Lipinski definition) is 5. The Morgan fingerprint density at radius 3 is 3.05 bits per heavy atom. The van der Waals surface area contributed by atoms with Gasteiger partial charge in [-0.15, -0.1) is 0 Å². The molecule has 5 heteroatoms. The molecule has 1 N–H and O–H groups in total. The molecule has 2 aliphatic carbocycles. The van der Waals surface area contributed by atoms with Crippen molar-refractivity contribution >= 4 is 5.69 Å². The average molecular weight is 285 g/mol. The second kappa shape index (κ2) is 5.06. The van der Waals surface area contributed by atoms with Crippen molar-refractivity contribution in [2.24, 2.45) is 0 Å². The molecule has 1 aromatic heterocycles. The summed E-state index contributed by atoms with van der Waals surface area (Å²) in [5, 5.41) is 7.50. The van der Waals surface area contributed by atoms with Crippen LogP contribution in [0.4, 0.5) is 5.69 Å². The first kappa shape index (κ1) is 12.7. The molecule has 4 rings (SSSR count). The van der Waals surface area contributed by atoms with E-state index in [0.29, 0.717) is 12.5 Å². The van der Waals surface area contributed by atoms with Crippen molar-refractivity contribution in [3.63, 3.8) is 0 Å². The Kier molecular flexibility index (Phi) is 3.05. The Morgan fingerprint density at radius 2 is 2.24 bits per heavy atom. The Labute approximate surface area is 123 Å². The fraction of sp³-hybridized carbons (Fsp3) is 0.500. The highest BCUT2D eigenvalue weighted by Crippen LogP contribution is 2.39. The minimum atomic E-state index is 0.502. The second-order valence-electron chi connectivity index (χ2n) is 5.81. The van der Waals surface area contributed by atoms with Gasteiger partial charge in [-0.3, -0.25) is 0 Å². The molecular weight excluding hydrogens is 266 g/mol. The molecule has 1 fully saturated rings. The molecule has 5 nitrogen and oxygen atoms in total. The van der Waals surface area contributed by atoms with E-state index in [4.69, 9.17) is 9.26 Å². The summed E-state index contributed by atoms with van der Waals surface area (Å²) < 4.78 is 10.8. The van der Waals surface area contributed by atoms with Gasteiger partial charge < -0.3 is 14.6 Å². The lowest BCUT2D eigenvalue weighted by molar-refractivity contribution is 0.374. The number of anilines is 1. The largest absolute Gasteiger partial charge is 0.495 e. The van der Waals surface area contributed by atoms with Crippen LogP contribution in [0.15, 0.2) is 16.7 Å². The highest BCUT2D eigenvalue weighted by atomic mass is 16.5. The number of fused-ring (bicyclic) bond motifs is 1. The lowest BCUT2D eigenvalue weighted by Crippen LogP contribution is -2.06. The second-order valence-corrected chi connectivity index (χ2v) is 5.81. The molecule has 2 aliphatic rings. The number of aromatic nitrogens is 2. The quantitative estimate of drug-likeness (QED) is 0.915. The van der Waals surface area contributed by atoms with Gasteiger partial charge in [-0.05, 0) is 49.3 Å². The van der Waals surface area contributed by atoms with Crippen molar-refractivity contribution < 1.29 is 9.26 Å². The number of methoxy groups -OCH3 is 1. The van der Waals surface area contributed by atoms with E-state index >= 15 is 0 Å². The van der Waals surface area contributed by atoms with E-state index < -0.39 is 0 Å². The number of aryl methyl sites for hydroxylation is 1.